The Bertz CT molecular complexity index is 377. The second kappa shape index (κ2) is 3.80. The van der Waals surface area contributed by atoms with Crippen LogP contribution in [-0.2, 0) is 18.4 Å². The van der Waals surface area contributed by atoms with E-state index in [2.05, 4.69) is 6.07 Å². The van der Waals surface area contributed by atoms with Crippen LogP contribution in [-0.4, -0.2) is 5.11 Å². The molecule has 0 bridgehead atoms. The van der Waals surface area contributed by atoms with Gasteiger partial charge in [-0.2, -0.15) is 0 Å². The molecule has 2 rings (SSSR count). The van der Waals surface area contributed by atoms with E-state index in [9.17, 15) is 5.11 Å². The van der Waals surface area contributed by atoms with Gasteiger partial charge in [0, 0.05) is 5.02 Å². The van der Waals surface area contributed by atoms with Crippen molar-refractivity contribution in [1.29, 1.82) is 0 Å². The van der Waals surface area contributed by atoms with Crippen molar-refractivity contribution in [2.24, 2.45) is 0 Å². The van der Waals surface area contributed by atoms with Crippen molar-refractivity contribution in [2.75, 3.05) is 0 Å². The fourth-order valence-electron chi connectivity index (χ4n) is 2.17. The molecule has 1 nitrogen and oxygen atoms in total. The summed E-state index contributed by atoms with van der Waals surface area (Å²) >= 11 is 6.24. The summed E-state index contributed by atoms with van der Waals surface area (Å²) in [5, 5.41) is 10.8. The molecule has 15 heavy (non-hydrogen) atoms. The van der Waals surface area contributed by atoms with E-state index >= 15 is 0 Å². The minimum absolute atomic E-state index is 0.796. The summed E-state index contributed by atoms with van der Waals surface area (Å²) in [5.74, 6) is 0. The molecule has 0 fully saturated rings. The summed E-state index contributed by atoms with van der Waals surface area (Å²) in [6.07, 6.45) is 4.65. The van der Waals surface area contributed by atoms with Crippen LogP contribution in [0.1, 0.15) is 43.4 Å². The van der Waals surface area contributed by atoms with Gasteiger partial charge in [0.1, 0.15) is 0 Å². The Morgan fingerprint density at radius 1 is 1.20 bits per heavy atom. The average molecular weight is 225 g/mol. The lowest BCUT2D eigenvalue weighted by Crippen LogP contribution is -2.17. The van der Waals surface area contributed by atoms with Gasteiger partial charge < -0.3 is 5.11 Å². The molecule has 1 aliphatic rings. The summed E-state index contributed by atoms with van der Waals surface area (Å²) in [7, 11) is 0. The maximum absolute atomic E-state index is 9.96. The van der Waals surface area contributed by atoms with Crippen LogP contribution >= 0.6 is 11.6 Å². The Morgan fingerprint density at radius 3 is 2.53 bits per heavy atom. The molecular formula is C13H17ClO. The second-order valence-corrected chi connectivity index (χ2v) is 5.27. The lowest BCUT2D eigenvalue weighted by molar-refractivity contribution is 0.0785. The van der Waals surface area contributed by atoms with Gasteiger partial charge in [-0.1, -0.05) is 17.7 Å². The number of aryl methyl sites for hydroxylation is 1. The zero-order valence-electron chi connectivity index (χ0n) is 9.31. The third-order valence-electron chi connectivity index (χ3n) is 3.12. The molecule has 0 heterocycles. The van der Waals surface area contributed by atoms with Gasteiger partial charge in [0.2, 0.25) is 0 Å². The van der Waals surface area contributed by atoms with Gasteiger partial charge in [0.05, 0.1) is 5.60 Å². The second-order valence-electron chi connectivity index (χ2n) is 4.86. The number of rotatable bonds is 1. The zero-order chi connectivity index (χ0) is 11.1. The van der Waals surface area contributed by atoms with Crippen LogP contribution in [0, 0.1) is 0 Å². The van der Waals surface area contributed by atoms with Crippen molar-refractivity contribution < 1.29 is 5.11 Å². The first-order valence-electron chi connectivity index (χ1n) is 5.52. The van der Waals surface area contributed by atoms with Crippen molar-refractivity contribution in [3.05, 3.63) is 33.8 Å². The largest absolute Gasteiger partial charge is 0.386 e. The van der Waals surface area contributed by atoms with Crippen LogP contribution in [0.2, 0.25) is 5.02 Å². The molecule has 0 radical (unpaired) electrons. The highest BCUT2D eigenvalue weighted by atomic mass is 35.5. The highest BCUT2D eigenvalue weighted by Crippen LogP contribution is 2.32. The van der Waals surface area contributed by atoms with Crippen LogP contribution in [0.5, 0.6) is 0 Å². The van der Waals surface area contributed by atoms with E-state index in [1.807, 2.05) is 6.07 Å². The van der Waals surface area contributed by atoms with Gasteiger partial charge in [0.15, 0.2) is 0 Å². The van der Waals surface area contributed by atoms with Crippen molar-refractivity contribution in [3.63, 3.8) is 0 Å². The van der Waals surface area contributed by atoms with Crippen LogP contribution < -0.4 is 0 Å². The van der Waals surface area contributed by atoms with Crippen molar-refractivity contribution >= 4 is 11.6 Å². The van der Waals surface area contributed by atoms with E-state index in [0.717, 1.165) is 23.4 Å². The number of hydrogen-bond acceptors (Lipinski definition) is 1. The van der Waals surface area contributed by atoms with Gasteiger partial charge >= 0.3 is 0 Å². The Hall–Kier alpha value is -0.530. The lowest BCUT2D eigenvalue weighted by Gasteiger charge is -2.23. The molecule has 0 atom stereocenters. The van der Waals surface area contributed by atoms with Gasteiger partial charge in [-0.15, -0.1) is 0 Å². The van der Waals surface area contributed by atoms with E-state index in [4.69, 9.17) is 11.6 Å². The van der Waals surface area contributed by atoms with Crippen LogP contribution in [0.4, 0.5) is 0 Å². The third-order valence-corrected chi connectivity index (χ3v) is 3.45. The van der Waals surface area contributed by atoms with E-state index in [1.54, 1.807) is 13.8 Å². The molecule has 2 heteroatoms. The highest BCUT2D eigenvalue weighted by Gasteiger charge is 2.20. The molecular weight excluding hydrogens is 208 g/mol. The summed E-state index contributed by atoms with van der Waals surface area (Å²) < 4.78 is 0. The Morgan fingerprint density at radius 2 is 1.87 bits per heavy atom. The first-order valence-corrected chi connectivity index (χ1v) is 5.90. The van der Waals surface area contributed by atoms with E-state index < -0.39 is 5.60 Å². The fourth-order valence-corrected chi connectivity index (χ4v) is 2.50. The topological polar surface area (TPSA) is 20.2 Å². The SMILES string of the molecule is CC(C)(O)c1cc(Cl)c2c(c1)CCCC2. The Balaban J connectivity index is 2.50. The number of benzene rings is 1. The summed E-state index contributed by atoms with van der Waals surface area (Å²) in [4.78, 5) is 0. The van der Waals surface area contributed by atoms with Gasteiger partial charge in [-0.25, -0.2) is 0 Å². The Labute approximate surface area is 96.1 Å². The molecule has 0 aromatic heterocycles. The molecule has 1 N–H and O–H groups in total. The molecule has 1 aromatic carbocycles. The van der Waals surface area contributed by atoms with Gasteiger partial charge in [-0.3, -0.25) is 0 Å². The van der Waals surface area contributed by atoms with Gasteiger partial charge in [-0.05, 0) is 62.3 Å². The van der Waals surface area contributed by atoms with Crippen molar-refractivity contribution in [3.8, 4) is 0 Å². The smallest absolute Gasteiger partial charge is 0.0841 e. The average Bonchev–Trinajstić information content (AvgIpc) is 2.16. The minimum Gasteiger partial charge on any atom is -0.386 e. The molecule has 0 saturated heterocycles. The summed E-state index contributed by atoms with van der Waals surface area (Å²) in [6, 6.07) is 4.02. The molecule has 0 saturated carbocycles. The third kappa shape index (κ3) is 2.19. The highest BCUT2D eigenvalue weighted by molar-refractivity contribution is 6.31. The summed E-state index contributed by atoms with van der Waals surface area (Å²) in [6.45, 7) is 3.60. The van der Waals surface area contributed by atoms with Gasteiger partial charge in [0.25, 0.3) is 0 Å². The predicted molar refractivity (Wildman–Crippen MR) is 63.3 cm³/mol. The maximum Gasteiger partial charge on any atom is 0.0841 e. The quantitative estimate of drug-likeness (QED) is 0.775. The van der Waals surface area contributed by atoms with Crippen LogP contribution in [0.15, 0.2) is 12.1 Å². The predicted octanol–water partition coefficient (Wildman–Crippen LogP) is 3.45. The van der Waals surface area contributed by atoms with Crippen molar-refractivity contribution in [1.82, 2.24) is 0 Å². The van der Waals surface area contributed by atoms with E-state index in [-0.39, 0.29) is 0 Å². The minimum atomic E-state index is -0.796. The number of fused-ring (bicyclic) bond motifs is 1. The molecule has 1 aromatic rings. The Kier molecular flexibility index (Phi) is 2.78. The zero-order valence-corrected chi connectivity index (χ0v) is 10.1. The number of halogens is 1. The standard InChI is InChI=1S/C13H17ClO/c1-13(2,15)10-7-9-5-3-4-6-11(9)12(14)8-10/h7-8,15H,3-6H2,1-2H3. The molecule has 0 aliphatic heterocycles. The van der Waals surface area contributed by atoms with E-state index in [0.29, 0.717) is 0 Å². The van der Waals surface area contributed by atoms with Crippen LogP contribution in [0.25, 0.3) is 0 Å². The van der Waals surface area contributed by atoms with Crippen LogP contribution in [0.3, 0.4) is 0 Å². The normalized spacial score (nSPS) is 16.3. The number of aliphatic hydroxyl groups is 1. The van der Waals surface area contributed by atoms with Crippen molar-refractivity contribution in [2.45, 2.75) is 45.1 Å². The first-order chi connectivity index (χ1) is 6.98. The maximum atomic E-state index is 9.96. The molecule has 82 valence electrons. The molecule has 0 spiro atoms. The molecule has 0 unspecified atom stereocenters. The molecule has 0 amide bonds. The summed E-state index contributed by atoms with van der Waals surface area (Å²) in [5.41, 5.74) is 2.74. The monoisotopic (exact) mass is 224 g/mol. The first kappa shape index (κ1) is 11.0. The molecule has 1 aliphatic carbocycles. The lowest BCUT2D eigenvalue weighted by atomic mass is 9.87. The fraction of sp³-hybridized carbons (Fsp3) is 0.538. The number of hydrogen-bond donors (Lipinski definition) is 1. The van der Waals surface area contributed by atoms with E-state index in [1.165, 1.54) is 24.0 Å².